The van der Waals surface area contributed by atoms with Crippen molar-refractivity contribution in [2.24, 2.45) is 5.10 Å². The zero-order valence-electron chi connectivity index (χ0n) is 17.7. The molecule has 0 aliphatic carbocycles. The Hall–Kier alpha value is -3.07. The Morgan fingerprint density at radius 2 is 1.97 bits per heavy atom. The fraction of sp³-hybridized carbons (Fsp3) is 0.125. The van der Waals surface area contributed by atoms with Crippen molar-refractivity contribution in [2.75, 3.05) is 12.9 Å². The van der Waals surface area contributed by atoms with Crippen molar-refractivity contribution in [3.8, 4) is 11.5 Å². The van der Waals surface area contributed by atoms with Gasteiger partial charge in [-0.3, -0.25) is 4.79 Å². The van der Waals surface area contributed by atoms with Crippen LogP contribution in [-0.2, 0) is 11.4 Å². The number of aromatic nitrogens is 1. The molecule has 0 aliphatic rings. The highest BCUT2D eigenvalue weighted by molar-refractivity contribution is 8.01. The Kier molecular flexibility index (Phi) is 7.83. The van der Waals surface area contributed by atoms with Crippen molar-refractivity contribution in [3.63, 3.8) is 0 Å². The maximum absolute atomic E-state index is 12.1. The topological polar surface area (TPSA) is 72.8 Å². The summed E-state index contributed by atoms with van der Waals surface area (Å²) in [5, 5.41) is 4.72. The summed E-state index contributed by atoms with van der Waals surface area (Å²) >= 11 is 8.87. The van der Waals surface area contributed by atoms with E-state index in [2.05, 4.69) is 15.5 Å². The van der Waals surface area contributed by atoms with Crippen molar-refractivity contribution in [1.29, 1.82) is 0 Å². The number of nitrogens with one attached hydrogen (secondary N) is 1. The molecule has 0 unspecified atom stereocenters. The normalized spacial score (nSPS) is 11.1. The molecule has 168 valence electrons. The Labute approximate surface area is 204 Å². The number of fused-ring (bicyclic) bond motifs is 1. The number of hydrazone groups is 1. The van der Waals surface area contributed by atoms with E-state index in [0.717, 1.165) is 25.7 Å². The van der Waals surface area contributed by atoms with Crippen LogP contribution in [0, 0.1) is 0 Å². The van der Waals surface area contributed by atoms with Gasteiger partial charge in [-0.15, -0.1) is 11.3 Å². The van der Waals surface area contributed by atoms with Gasteiger partial charge in [-0.25, -0.2) is 10.4 Å². The lowest BCUT2D eigenvalue weighted by Crippen LogP contribution is -2.19. The zero-order valence-corrected chi connectivity index (χ0v) is 20.0. The van der Waals surface area contributed by atoms with E-state index in [9.17, 15) is 4.79 Å². The second-order valence-electron chi connectivity index (χ2n) is 6.85. The standard InChI is InChI=1S/C24H20ClN3O3S2/c1-30-21-12-17(8-11-20(21)31-14-16-6-9-18(25)10-7-16)13-26-28-23(29)15-32-24-27-19-4-2-3-5-22(19)33-24/h2-13H,14-15H2,1H3,(H,28,29)/b26-13+. The molecule has 0 radical (unpaired) electrons. The van der Waals surface area contributed by atoms with Gasteiger partial charge < -0.3 is 9.47 Å². The molecule has 0 spiro atoms. The van der Waals surface area contributed by atoms with E-state index < -0.39 is 0 Å². The van der Waals surface area contributed by atoms with E-state index >= 15 is 0 Å². The van der Waals surface area contributed by atoms with Gasteiger partial charge in [0, 0.05) is 5.02 Å². The summed E-state index contributed by atoms with van der Waals surface area (Å²) in [5.74, 6) is 1.22. The fourth-order valence-electron chi connectivity index (χ4n) is 2.88. The number of para-hydroxylation sites is 1. The van der Waals surface area contributed by atoms with Gasteiger partial charge >= 0.3 is 0 Å². The molecule has 4 aromatic rings. The molecule has 3 aromatic carbocycles. The number of nitrogens with zero attached hydrogens (tertiary/aromatic N) is 2. The number of carbonyl (C=O) groups is 1. The number of carbonyl (C=O) groups excluding carboxylic acids is 1. The quantitative estimate of drug-likeness (QED) is 0.180. The first-order chi connectivity index (χ1) is 16.1. The van der Waals surface area contributed by atoms with Crippen LogP contribution in [0.4, 0.5) is 0 Å². The van der Waals surface area contributed by atoms with Gasteiger partial charge in [0.05, 0.1) is 29.3 Å². The predicted molar refractivity (Wildman–Crippen MR) is 135 cm³/mol. The number of amides is 1. The van der Waals surface area contributed by atoms with Gasteiger partial charge in [-0.05, 0) is 53.6 Å². The Balaban J connectivity index is 1.28. The van der Waals surface area contributed by atoms with Crippen LogP contribution in [0.15, 0.2) is 76.2 Å². The monoisotopic (exact) mass is 497 g/mol. The fourth-order valence-corrected chi connectivity index (χ4v) is 4.86. The van der Waals surface area contributed by atoms with Gasteiger partial charge in [0.25, 0.3) is 5.91 Å². The highest BCUT2D eigenvalue weighted by Gasteiger charge is 2.08. The van der Waals surface area contributed by atoms with Gasteiger partial charge in [-0.2, -0.15) is 5.10 Å². The van der Waals surface area contributed by atoms with Crippen molar-refractivity contribution >= 4 is 57.0 Å². The molecular weight excluding hydrogens is 478 g/mol. The third kappa shape index (κ3) is 6.47. The average molecular weight is 498 g/mol. The van der Waals surface area contributed by atoms with Crippen molar-refractivity contribution in [3.05, 3.63) is 82.9 Å². The number of halogens is 1. The van der Waals surface area contributed by atoms with E-state index in [-0.39, 0.29) is 11.7 Å². The van der Waals surface area contributed by atoms with E-state index in [1.807, 2.05) is 54.6 Å². The lowest BCUT2D eigenvalue weighted by atomic mass is 10.2. The van der Waals surface area contributed by atoms with Crippen LogP contribution in [0.2, 0.25) is 5.02 Å². The molecular formula is C24H20ClN3O3S2. The van der Waals surface area contributed by atoms with Crippen LogP contribution in [0.25, 0.3) is 10.2 Å². The van der Waals surface area contributed by atoms with Crippen LogP contribution >= 0.6 is 34.7 Å². The number of benzene rings is 3. The maximum Gasteiger partial charge on any atom is 0.250 e. The van der Waals surface area contributed by atoms with Crippen molar-refractivity contribution in [1.82, 2.24) is 10.4 Å². The van der Waals surface area contributed by atoms with Crippen LogP contribution in [0.5, 0.6) is 11.5 Å². The minimum atomic E-state index is -0.203. The zero-order chi connectivity index (χ0) is 23.0. The SMILES string of the molecule is COc1cc(/C=N/NC(=O)CSc2nc3ccccc3s2)ccc1OCc1ccc(Cl)cc1. The molecule has 0 saturated carbocycles. The molecule has 33 heavy (non-hydrogen) atoms. The highest BCUT2D eigenvalue weighted by Crippen LogP contribution is 2.30. The van der Waals surface area contributed by atoms with Gasteiger partial charge in [-0.1, -0.05) is 47.6 Å². The molecule has 1 amide bonds. The van der Waals surface area contributed by atoms with E-state index in [1.165, 1.54) is 11.8 Å². The van der Waals surface area contributed by atoms with Crippen LogP contribution in [0.3, 0.4) is 0 Å². The molecule has 4 rings (SSSR count). The first kappa shape index (κ1) is 23.1. The maximum atomic E-state index is 12.1. The summed E-state index contributed by atoms with van der Waals surface area (Å²) in [6.45, 7) is 0.392. The van der Waals surface area contributed by atoms with Crippen molar-refractivity contribution < 1.29 is 14.3 Å². The smallest absolute Gasteiger partial charge is 0.250 e. The first-order valence-electron chi connectivity index (χ1n) is 9.96. The number of hydrogen-bond acceptors (Lipinski definition) is 7. The summed E-state index contributed by atoms with van der Waals surface area (Å²) in [7, 11) is 1.58. The van der Waals surface area contributed by atoms with Crippen LogP contribution in [-0.4, -0.2) is 30.0 Å². The molecule has 9 heteroatoms. The summed E-state index contributed by atoms with van der Waals surface area (Å²) in [4.78, 5) is 16.6. The molecule has 1 heterocycles. The molecule has 0 fully saturated rings. The third-order valence-corrected chi connectivity index (χ3v) is 6.93. The summed E-state index contributed by atoms with van der Waals surface area (Å²) < 4.78 is 13.2. The molecule has 0 bridgehead atoms. The minimum Gasteiger partial charge on any atom is -0.493 e. The van der Waals surface area contributed by atoms with Crippen molar-refractivity contribution in [2.45, 2.75) is 10.9 Å². The summed E-state index contributed by atoms with van der Waals surface area (Å²) in [6.07, 6.45) is 1.56. The second-order valence-corrected chi connectivity index (χ2v) is 9.54. The number of methoxy groups -OCH3 is 1. The summed E-state index contributed by atoms with van der Waals surface area (Å²) in [5.41, 5.74) is 5.25. The molecule has 0 atom stereocenters. The van der Waals surface area contributed by atoms with E-state index in [4.69, 9.17) is 21.1 Å². The molecule has 0 saturated heterocycles. The number of thioether (sulfide) groups is 1. The average Bonchev–Trinajstić information content (AvgIpc) is 3.26. The van der Waals surface area contributed by atoms with Crippen LogP contribution < -0.4 is 14.9 Å². The number of hydrogen-bond donors (Lipinski definition) is 1. The summed E-state index contributed by atoms with van der Waals surface area (Å²) in [6, 6.07) is 20.8. The minimum absolute atomic E-state index is 0.203. The number of ether oxygens (including phenoxy) is 2. The Morgan fingerprint density at radius 1 is 1.15 bits per heavy atom. The largest absolute Gasteiger partial charge is 0.493 e. The molecule has 6 nitrogen and oxygen atoms in total. The molecule has 1 N–H and O–H groups in total. The number of thiazole rings is 1. The van der Waals surface area contributed by atoms with E-state index in [0.29, 0.717) is 23.1 Å². The number of rotatable bonds is 9. The van der Waals surface area contributed by atoms with Crippen LogP contribution in [0.1, 0.15) is 11.1 Å². The van der Waals surface area contributed by atoms with Gasteiger partial charge in [0.1, 0.15) is 6.61 Å². The van der Waals surface area contributed by atoms with Gasteiger partial charge in [0.15, 0.2) is 15.8 Å². The molecule has 0 aliphatic heterocycles. The first-order valence-corrected chi connectivity index (χ1v) is 12.1. The molecule has 1 aromatic heterocycles. The predicted octanol–water partition coefficient (Wildman–Crippen LogP) is 5.78. The lowest BCUT2D eigenvalue weighted by Gasteiger charge is -2.11. The lowest BCUT2D eigenvalue weighted by molar-refractivity contribution is -0.118. The second kappa shape index (κ2) is 11.2. The van der Waals surface area contributed by atoms with Gasteiger partial charge in [0.2, 0.25) is 0 Å². The Morgan fingerprint density at radius 3 is 2.76 bits per heavy atom. The third-order valence-electron chi connectivity index (χ3n) is 4.50. The van der Waals surface area contributed by atoms with E-state index in [1.54, 1.807) is 36.8 Å². The highest BCUT2D eigenvalue weighted by atomic mass is 35.5. The Bertz CT molecular complexity index is 1240.